The van der Waals surface area contributed by atoms with Crippen molar-refractivity contribution in [3.05, 3.63) is 56.6 Å². The summed E-state index contributed by atoms with van der Waals surface area (Å²) < 4.78 is 15.0. The predicted octanol–water partition coefficient (Wildman–Crippen LogP) is 3.37. The van der Waals surface area contributed by atoms with Crippen molar-refractivity contribution in [2.75, 3.05) is 26.1 Å². The van der Waals surface area contributed by atoms with Gasteiger partial charge in [-0.2, -0.15) is 0 Å². The molecule has 0 aromatic heterocycles. The first-order valence-corrected chi connectivity index (χ1v) is 8.28. The van der Waals surface area contributed by atoms with E-state index >= 15 is 0 Å². The smallest absolute Gasteiger partial charge is 0.338 e. The number of nitrogens with zero attached hydrogens (tertiary/aromatic N) is 1. The molecule has 0 fully saturated rings. The highest BCUT2D eigenvalue weighted by Crippen LogP contribution is 2.31. The molecule has 0 aliphatic rings. The summed E-state index contributed by atoms with van der Waals surface area (Å²) in [6, 6.07) is 6.74. The fourth-order valence-electron chi connectivity index (χ4n) is 2.29. The maximum absolute atomic E-state index is 12.2. The van der Waals surface area contributed by atoms with Crippen molar-refractivity contribution in [3.63, 3.8) is 0 Å². The minimum atomic E-state index is -0.724. The average molecular weight is 409 g/mol. The van der Waals surface area contributed by atoms with Gasteiger partial charge in [-0.1, -0.05) is 11.6 Å². The molecule has 148 valence electrons. The highest BCUT2D eigenvalue weighted by Gasteiger charge is 2.20. The predicted molar refractivity (Wildman–Crippen MR) is 101 cm³/mol. The number of nitro groups is 1. The van der Waals surface area contributed by atoms with Crippen LogP contribution in [0.3, 0.4) is 0 Å². The summed E-state index contributed by atoms with van der Waals surface area (Å²) in [5.74, 6) is -1.09. The number of halogens is 1. The van der Waals surface area contributed by atoms with E-state index in [-0.39, 0.29) is 11.3 Å². The number of carbonyl (C=O) groups excluding carboxylic acids is 2. The van der Waals surface area contributed by atoms with Crippen LogP contribution in [0, 0.1) is 17.0 Å². The topological polar surface area (TPSA) is 117 Å². The minimum absolute atomic E-state index is 0.00706. The quantitative estimate of drug-likeness (QED) is 0.424. The van der Waals surface area contributed by atoms with Gasteiger partial charge in [0.1, 0.15) is 5.75 Å². The third-order valence-corrected chi connectivity index (χ3v) is 4.10. The summed E-state index contributed by atoms with van der Waals surface area (Å²) >= 11 is 6.02. The number of benzene rings is 2. The van der Waals surface area contributed by atoms with Crippen LogP contribution in [0.2, 0.25) is 5.02 Å². The molecule has 0 atom stereocenters. The minimum Gasteiger partial charge on any atom is -0.495 e. The maximum atomic E-state index is 12.2. The Balaban J connectivity index is 2.14. The lowest BCUT2D eigenvalue weighted by Crippen LogP contribution is -2.21. The molecule has 2 aromatic rings. The second-order valence-corrected chi connectivity index (χ2v) is 5.98. The molecule has 10 heteroatoms. The number of hydrogen-bond donors (Lipinski definition) is 1. The number of aryl methyl sites for hydroxylation is 1. The Hall–Kier alpha value is -3.33. The summed E-state index contributed by atoms with van der Waals surface area (Å²) in [5, 5.41) is 14.3. The molecule has 2 rings (SSSR count). The van der Waals surface area contributed by atoms with E-state index in [4.69, 9.17) is 21.1 Å². The Kier molecular flexibility index (Phi) is 6.78. The van der Waals surface area contributed by atoms with Crippen molar-refractivity contribution >= 4 is 34.9 Å². The first-order chi connectivity index (χ1) is 13.3. The van der Waals surface area contributed by atoms with Crippen LogP contribution in [0.1, 0.15) is 15.9 Å². The maximum Gasteiger partial charge on any atom is 0.338 e. The summed E-state index contributed by atoms with van der Waals surface area (Å²) in [7, 11) is 2.59. The van der Waals surface area contributed by atoms with Gasteiger partial charge in [-0.15, -0.1) is 0 Å². The molecule has 0 spiro atoms. The van der Waals surface area contributed by atoms with E-state index in [1.165, 1.54) is 19.2 Å². The Labute approximate surface area is 165 Å². The lowest BCUT2D eigenvalue weighted by molar-refractivity contribution is -0.385. The molecule has 28 heavy (non-hydrogen) atoms. The van der Waals surface area contributed by atoms with Crippen molar-refractivity contribution in [1.29, 1.82) is 0 Å². The molecule has 0 saturated carbocycles. The molecule has 0 unspecified atom stereocenters. The molecule has 0 aliphatic heterocycles. The van der Waals surface area contributed by atoms with Crippen LogP contribution >= 0.6 is 11.6 Å². The fourth-order valence-corrected chi connectivity index (χ4v) is 2.44. The molecular weight excluding hydrogens is 392 g/mol. The number of rotatable bonds is 7. The fraction of sp³-hybridized carbons (Fsp3) is 0.222. The number of methoxy groups -OCH3 is 2. The molecule has 9 nitrogen and oxygen atoms in total. The van der Waals surface area contributed by atoms with Gasteiger partial charge in [0, 0.05) is 17.2 Å². The largest absolute Gasteiger partial charge is 0.495 e. The normalized spacial score (nSPS) is 10.1. The van der Waals surface area contributed by atoms with Crippen LogP contribution in [0.5, 0.6) is 11.5 Å². The Bertz CT molecular complexity index is 930. The van der Waals surface area contributed by atoms with E-state index < -0.39 is 29.1 Å². The third kappa shape index (κ3) is 4.89. The van der Waals surface area contributed by atoms with Crippen molar-refractivity contribution in [1.82, 2.24) is 0 Å². The van der Waals surface area contributed by atoms with Gasteiger partial charge in [0.15, 0.2) is 12.4 Å². The first kappa shape index (κ1) is 21.0. The molecular formula is C18H17ClN2O7. The number of nitrogens with one attached hydrogen (secondary N) is 1. The number of esters is 1. The van der Waals surface area contributed by atoms with Gasteiger partial charge in [-0.25, -0.2) is 4.79 Å². The number of anilines is 1. The van der Waals surface area contributed by atoms with Crippen molar-refractivity contribution in [2.24, 2.45) is 0 Å². The van der Waals surface area contributed by atoms with E-state index in [9.17, 15) is 19.7 Å². The molecule has 1 amide bonds. The molecule has 0 heterocycles. The van der Waals surface area contributed by atoms with Gasteiger partial charge in [-0.05, 0) is 30.7 Å². The average Bonchev–Trinajstić information content (AvgIpc) is 2.68. The lowest BCUT2D eigenvalue weighted by atomic mass is 10.2. The number of amides is 1. The van der Waals surface area contributed by atoms with Gasteiger partial charge in [0.2, 0.25) is 0 Å². The van der Waals surface area contributed by atoms with Crippen LogP contribution in [0.15, 0.2) is 30.3 Å². The summed E-state index contributed by atoms with van der Waals surface area (Å²) in [4.78, 5) is 34.2. The van der Waals surface area contributed by atoms with Crippen LogP contribution in [0.25, 0.3) is 0 Å². The monoisotopic (exact) mass is 408 g/mol. The van der Waals surface area contributed by atoms with E-state index in [0.717, 1.165) is 18.7 Å². The van der Waals surface area contributed by atoms with E-state index in [1.54, 1.807) is 19.1 Å². The molecule has 0 bridgehead atoms. The van der Waals surface area contributed by atoms with Crippen LogP contribution in [-0.2, 0) is 9.53 Å². The third-order valence-electron chi connectivity index (χ3n) is 3.69. The van der Waals surface area contributed by atoms with Crippen LogP contribution < -0.4 is 14.8 Å². The number of carbonyl (C=O) groups is 2. The zero-order chi connectivity index (χ0) is 20.8. The number of nitro benzene ring substituents is 1. The van der Waals surface area contributed by atoms with Crippen molar-refractivity contribution < 1.29 is 28.7 Å². The van der Waals surface area contributed by atoms with Crippen molar-refractivity contribution in [2.45, 2.75) is 6.92 Å². The summed E-state index contributed by atoms with van der Waals surface area (Å²) in [6.07, 6.45) is 0. The van der Waals surface area contributed by atoms with E-state index in [2.05, 4.69) is 10.1 Å². The van der Waals surface area contributed by atoms with E-state index in [1.807, 2.05) is 0 Å². The molecule has 2 aromatic carbocycles. The van der Waals surface area contributed by atoms with Crippen molar-refractivity contribution in [3.8, 4) is 11.5 Å². The Morgan fingerprint density at radius 1 is 1.18 bits per heavy atom. The van der Waals surface area contributed by atoms with Gasteiger partial charge in [-0.3, -0.25) is 14.9 Å². The number of hydrogen-bond acceptors (Lipinski definition) is 7. The van der Waals surface area contributed by atoms with E-state index in [0.29, 0.717) is 16.5 Å². The molecule has 0 saturated heterocycles. The summed E-state index contributed by atoms with van der Waals surface area (Å²) in [5.41, 5.74) is 0.643. The molecule has 1 N–H and O–H groups in total. The zero-order valence-corrected chi connectivity index (χ0v) is 16.0. The standard InChI is InChI=1S/C18H17ClN2O7/c1-10-6-13(16(26-2)8-12(10)19)20-17(22)9-28-15-5-4-11(18(23)27-3)7-14(15)21(24)25/h4-8H,9H2,1-3H3,(H,20,22). The van der Waals surface area contributed by atoms with Gasteiger partial charge in [0.05, 0.1) is 30.4 Å². The highest BCUT2D eigenvalue weighted by atomic mass is 35.5. The first-order valence-electron chi connectivity index (χ1n) is 7.90. The second-order valence-electron chi connectivity index (χ2n) is 5.57. The van der Waals surface area contributed by atoms with Gasteiger partial charge in [0.25, 0.3) is 5.91 Å². The molecule has 0 aliphatic carbocycles. The lowest BCUT2D eigenvalue weighted by Gasteiger charge is -2.13. The van der Waals surface area contributed by atoms with Gasteiger partial charge >= 0.3 is 11.7 Å². The second kappa shape index (κ2) is 9.05. The Morgan fingerprint density at radius 2 is 1.89 bits per heavy atom. The summed E-state index contributed by atoms with van der Waals surface area (Å²) in [6.45, 7) is 1.27. The number of ether oxygens (including phenoxy) is 3. The van der Waals surface area contributed by atoms with Crippen LogP contribution in [0.4, 0.5) is 11.4 Å². The van der Waals surface area contributed by atoms with Gasteiger partial charge < -0.3 is 19.5 Å². The Morgan fingerprint density at radius 3 is 2.50 bits per heavy atom. The highest BCUT2D eigenvalue weighted by molar-refractivity contribution is 6.31. The molecule has 0 radical (unpaired) electrons. The SMILES string of the molecule is COC(=O)c1ccc(OCC(=O)Nc2cc(C)c(Cl)cc2OC)c([N+](=O)[O-])c1. The zero-order valence-electron chi connectivity index (χ0n) is 15.3. The van der Waals surface area contributed by atoms with Crippen LogP contribution in [-0.4, -0.2) is 37.6 Å².